The predicted octanol–water partition coefficient (Wildman–Crippen LogP) is 1.54. The van der Waals surface area contributed by atoms with Crippen molar-refractivity contribution in [2.75, 3.05) is 5.32 Å². The molecule has 0 aliphatic carbocycles. The molecule has 0 aromatic heterocycles. The minimum atomic E-state index is -0.837. The maximum absolute atomic E-state index is 11.9. The molecule has 0 radical (unpaired) electrons. The number of carbonyl (C=O) groups is 2. The van der Waals surface area contributed by atoms with Crippen molar-refractivity contribution in [1.82, 2.24) is 5.32 Å². The van der Waals surface area contributed by atoms with E-state index < -0.39 is 5.54 Å². The van der Waals surface area contributed by atoms with Crippen LogP contribution >= 0.6 is 0 Å². The maximum atomic E-state index is 11.9. The number of para-hydroxylation sites is 1. The number of anilines is 1. The number of hydrogen-bond acceptors (Lipinski definition) is 2. The minimum absolute atomic E-state index is 0.173. The number of amides is 2. The first-order valence-corrected chi connectivity index (χ1v) is 5.30. The molecule has 2 rings (SSSR count). The first-order chi connectivity index (χ1) is 7.57. The van der Waals surface area contributed by atoms with Crippen LogP contribution in [0.1, 0.15) is 30.6 Å². The Bertz CT molecular complexity index is 456. The zero-order valence-corrected chi connectivity index (χ0v) is 9.33. The summed E-state index contributed by atoms with van der Waals surface area (Å²) in [6, 6.07) is 7.00. The number of rotatable bonds is 1. The van der Waals surface area contributed by atoms with Gasteiger partial charge < -0.3 is 10.6 Å². The summed E-state index contributed by atoms with van der Waals surface area (Å²) < 4.78 is 0. The third kappa shape index (κ3) is 1.56. The average molecular weight is 218 g/mol. The Balaban J connectivity index is 2.48. The normalized spacial score (nSPS) is 24.1. The van der Waals surface area contributed by atoms with Crippen LogP contribution in [0.5, 0.6) is 0 Å². The molecule has 0 fully saturated rings. The predicted molar refractivity (Wildman–Crippen MR) is 61.2 cm³/mol. The molecule has 1 aromatic carbocycles. The van der Waals surface area contributed by atoms with Crippen LogP contribution < -0.4 is 10.6 Å². The number of nitrogens with one attached hydrogen (secondary N) is 2. The summed E-state index contributed by atoms with van der Waals surface area (Å²) in [5.74, 6) is -0.383. The Morgan fingerprint density at radius 2 is 1.94 bits per heavy atom. The summed E-state index contributed by atoms with van der Waals surface area (Å²) in [4.78, 5) is 23.9. The molecule has 2 N–H and O–H groups in total. The van der Waals surface area contributed by atoms with Crippen molar-refractivity contribution < 1.29 is 9.59 Å². The van der Waals surface area contributed by atoms with E-state index in [2.05, 4.69) is 10.6 Å². The van der Waals surface area contributed by atoms with Crippen LogP contribution in [0.3, 0.4) is 0 Å². The lowest BCUT2D eigenvalue weighted by molar-refractivity contribution is -0.121. The van der Waals surface area contributed by atoms with Gasteiger partial charge in [-0.05, 0) is 25.5 Å². The minimum Gasteiger partial charge on any atom is -0.338 e. The maximum Gasteiger partial charge on any atom is 0.254 e. The van der Waals surface area contributed by atoms with Crippen molar-refractivity contribution in [1.29, 1.82) is 0 Å². The second-order valence-electron chi connectivity index (χ2n) is 4.14. The molecule has 1 heterocycles. The fourth-order valence-corrected chi connectivity index (χ4v) is 1.67. The molecule has 0 saturated carbocycles. The van der Waals surface area contributed by atoms with E-state index in [-0.39, 0.29) is 11.8 Å². The van der Waals surface area contributed by atoms with E-state index in [1.54, 1.807) is 31.2 Å². The summed E-state index contributed by atoms with van der Waals surface area (Å²) in [7, 11) is 0. The molecular formula is C12H14N2O2. The molecule has 0 spiro atoms. The largest absolute Gasteiger partial charge is 0.338 e. The van der Waals surface area contributed by atoms with Gasteiger partial charge >= 0.3 is 0 Å². The lowest BCUT2D eigenvalue weighted by atomic mass is 9.98. The fourth-order valence-electron chi connectivity index (χ4n) is 1.67. The Kier molecular flexibility index (Phi) is 2.42. The smallest absolute Gasteiger partial charge is 0.254 e. The fraction of sp³-hybridized carbons (Fsp3) is 0.333. The first kappa shape index (κ1) is 10.7. The molecule has 4 heteroatoms. The molecule has 84 valence electrons. The van der Waals surface area contributed by atoms with Crippen LogP contribution in [0.2, 0.25) is 0 Å². The highest BCUT2D eigenvalue weighted by molar-refractivity contribution is 6.11. The monoisotopic (exact) mass is 218 g/mol. The van der Waals surface area contributed by atoms with E-state index in [0.717, 1.165) is 0 Å². The number of carbonyl (C=O) groups excluding carboxylic acids is 2. The van der Waals surface area contributed by atoms with Crippen molar-refractivity contribution >= 4 is 17.5 Å². The Morgan fingerprint density at radius 1 is 1.25 bits per heavy atom. The molecule has 0 saturated heterocycles. The van der Waals surface area contributed by atoms with Gasteiger partial charge in [-0.15, -0.1) is 0 Å². The summed E-state index contributed by atoms with van der Waals surface area (Å²) in [6.45, 7) is 3.60. The summed E-state index contributed by atoms with van der Waals surface area (Å²) in [5, 5.41) is 5.53. The highest BCUT2D eigenvalue weighted by Gasteiger charge is 2.36. The first-order valence-electron chi connectivity index (χ1n) is 5.30. The average Bonchev–Trinajstić information content (AvgIpc) is 2.37. The zero-order chi connectivity index (χ0) is 11.8. The van der Waals surface area contributed by atoms with Crippen LogP contribution in [0.4, 0.5) is 5.69 Å². The second-order valence-corrected chi connectivity index (χ2v) is 4.14. The van der Waals surface area contributed by atoms with Gasteiger partial charge in [0, 0.05) is 0 Å². The van der Waals surface area contributed by atoms with Gasteiger partial charge in [-0.1, -0.05) is 19.1 Å². The quantitative estimate of drug-likeness (QED) is 0.751. The van der Waals surface area contributed by atoms with Crippen LogP contribution in [0, 0.1) is 0 Å². The van der Waals surface area contributed by atoms with Crippen molar-refractivity contribution in [3.8, 4) is 0 Å². The Labute approximate surface area is 94.0 Å². The van der Waals surface area contributed by atoms with Gasteiger partial charge in [0.2, 0.25) is 5.91 Å². The molecule has 2 amide bonds. The summed E-state index contributed by atoms with van der Waals surface area (Å²) in [5.41, 5.74) is 0.242. The van der Waals surface area contributed by atoms with Crippen molar-refractivity contribution in [2.45, 2.75) is 25.8 Å². The third-order valence-electron chi connectivity index (χ3n) is 3.02. The standard InChI is InChI=1S/C12H14N2O2/c1-3-12(2)11(16)13-9-7-5-4-6-8(9)10(15)14-12/h4-7H,3H2,1-2H3,(H,13,16)(H,14,15)/t12-/m1/s1. The number of fused-ring (bicyclic) bond motifs is 1. The van der Waals surface area contributed by atoms with Crippen LogP contribution in [-0.4, -0.2) is 17.4 Å². The Hall–Kier alpha value is -1.84. The molecule has 1 aliphatic rings. The SMILES string of the molecule is CC[C@@]1(C)NC(=O)c2ccccc2NC1=O. The van der Waals surface area contributed by atoms with E-state index in [1.807, 2.05) is 6.92 Å². The highest BCUT2D eigenvalue weighted by Crippen LogP contribution is 2.23. The number of benzene rings is 1. The second kappa shape index (κ2) is 3.63. The van der Waals surface area contributed by atoms with Gasteiger partial charge in [0.1, 0.15) is 5.54 Å². The third-order valence-corrected chi connectivity index (χ3v) is 3.02. The molecule has 1 aromatic rings. The van der Waals surface area contributed by atoms with Gasteiger partial charge in [0.05, 0.1) is 11.3 Å². The van der Waals surface area contributed by atoms with E-state index in [4.69, 9.17) is 0 Å². The van der Waals surface area contributed by atoms with Crippen LogP contribution in [0.25, 0.3) is 0 Å². The van der Waals surface area contributed by atoms with E-state index >= 15 is 0 Å². The molecule has 1 atom stereocenters. The molecule has 16 heavy (non-hydrogen) atoms. The lowest BCUT2D eigenvalue weighted by Gasteiger charge is -2.25. The molecular weight excluding hydrogens is 204 g/mol. The lowest BCUT2D eigenvalue weighted by Crippen LogP contribution is -2.52. The van der Waals surface area contributed by atoms with E-state index in [0.29, 0.717) is 17.7 Å². The molecule has 4 nitrogen and oxygen atoms in total. The summed E-state index contributed by atoms with van der Waals surface area (Å²) >= 11 is 0. The summed E-state index contributed by atoms with van der Waals surface area (Å²) in [6.07, 6.45) is 0.554. The van der Waals surface area contributed by atoms with Gasteiger partial charge in [-0.3, -0.25) is 9.59 Å². The van der Waals surface area contributed by atoms with E-state index in [9.17, 15) is 9.59 Å². The molecule has 0 unspecified atom stereocenters. The molecule has 1 aliphatic heterocycles. The van der Waals surface area contributed by atoms with Gasteiger partial charge in [-0.2, -0.15) is 0 Å². The molecule has 0 bridgehead atoms. The van der Waals surface area contributed by atoms with Crippen molar-refractivity contribution in [3.05, 3.63) is 29.8 Å². The van der Waals surface area contributed by atoms with Crippen LogP contribution in [0.15, 0.2) is 24.3 Å². The van der Waals surface area contributed by atoms with Gasteiger partial charge in [-0.25, -0.2) is 0 Å². The zero-order valence-electron chi connectivity index (χ0n) is 9.33. The Morgan fingerprint density at radius 3 is 2.62 bits per heavy atom. The van der Waals surface area contributed by atoms with Gasteiger partial charge in [0.25, 0.3) is 5.91 Å². The topological polar surface area (TPSA) is 58.2 Å². The number of hydrogen-bond donors (Lipinski definition) is 2. The van der Waals surface area contributed by atoms with Crippen molar-refractivity contribution in [2.24, 2.45) is 0 Å². The van der Waals surface area contributed by atoms with Crippen LogP contribution in [-0.2, 0) is 4.79 Å². The van der Waals surface area contributed by atoms with E-state index in [1.165, 1.54) is 0 Å². The van der Waals surface area contributed by atoms with Crippen molar-refractivity contribution in [3.63, 3.8) is 0 Å². The van der Waals surface area contributed by atoms with Gasteiger partial charge in [0.15, 0.2) is 0 Å². The highest BCUT2D eigenvalue weighted by atomic mass is 16.2.